The molecule has 0 radical (unpaired) electrons. The molecule has 0 aromatic heterocycles. The molecule has 2 aliphatic heterocycles. The van der Waals surface area contributed by atoms with Crippen LogP contribution in [0.15, 0.2) is 36.4 Å². The number of carboxylic acid groups (broad SMARTS) is 1. The van der Waals surface area contributed by atoms with Gasteiger partial charge in [-0.1, -0.05) is 0 Å². The average Bonchev–Trinajstić information content (AvgIpc) is 3.06. The van der Waals surface area contributed by atoms with Gasteiger partial charge in [0.15, 0.2) is 0 Å². The van der Waals surface area contributed by atoms with Crippen LogP contribution in [0.1, 0.15) is 27.0 Å². The van der Waals surface area contributed by atoms with Crippen molar-refractivity contribution in [3.8, 4) is 0 Å². The number of halogens is 1. The molecule has 0 fully saturated rings. The van der Waals surface area contributed by atoms with Crippen LogP contribution < -0.4 is 5.32 Å². The largest absolute Gasteiger partial charge is 0.487 e. The summed E-state index contributed by atoms with van der Waals surface area (Å²) < 4.78 is 19.1. The zero-order chi connectivity index (χ0) is 16.1. The first-order chi connectivity index (χ1) is 11.0. The van der Waals surface area contributed by atoms with E-state index in [4.69, 9.17) is 9.84 Å². The van der Waals surface area contributed by atoms with Gasteiger partial charge >= 0.3 is 5.97 Å². The van der Waals surface area contributed by atoms with Crippen LogP contribution in [0.25, 0.3) is 11.3 Å². The molecule has 4 rings (SSSR count). The van der Waals surface area contributed by atoms with Gasteiger partial charge in [0.25, 0.3) is 5.91 Å². The van der Waals surface area contributed by atoms with Crippen molar-refractivity contribution in [2.24, 2.45) is 0 Å². The second-order valence-corrected chi connectivity index (χ2v) is 5.31. The lowest BCUT2D eigenvalue weighted by molar-refractivity contribution is -0.110. The third-order valence-corrected chi connectivity index (χ3v) is 3.92. The van der Waals surface area contributed by atoms with Gasteiger partial charge in [0.05, 0.1) is 11.1 Å². The van der Waals surface area contributed by atoms with Crippen molar-refractivity contribution in [3.05, 3.63) is 64.5 Å². The molecule has 0 aliphatic carbocycles. The normalized spacial score (nSPS) is 18.2. The summed E-state index contributed by atoms with van der Waals surface area (Å²) in [7, 11) is 0. The summed E-state index contributed by atoms with van der Waals surface area (Å²) >= 11 is 0. The highest BCUT2D eigenvalue weighted by molar-refractivity contribution is 6.36. The van der Waals surface area contributed by atoms with Crippen LogP contribution in [-0.2, 0) is 16.1 Å². The second kappa shape index (κ2) is 4.67. The van der Waals surface area contributed by atoms with Crippen LogP contribution in [0.5, 0.6) is 0 Å². The topological polar surface area (TPSA) is 75.6 Å². The van der Waals surface area contributed by atoms with E-state index in [0.29, 0.717) is 28.1 Å². The molecule has 2 N–H and O–H groups in total. The Balaban J connectivity index is 1.91. The fraction of sp³-hybridized carbons (Fsp3) is 0.0588. The van der Waals surface area contributed by atoms with Gasteiger partial charge in [0.1, 0.15) is 18.2 Å². The van der Waals surface area contributed by atoms with Gasteiger partial charge in [-0.3, -0.25) is 4.79 Å². The lowest BCUT2D eigenvalue weighted by Gasteiger charge is -2.05. The van der Waals surface area contributed by atoms with Gasteiger partial charge in [-0.2, -0.15) is 0 Å². The van der Waals surface area contributed by atoms with E-state index >= 15 is 0 Å². The number of rotatable bonds is 1. The molecular formula is C17H10FNO4. The highest BCUT2D eigenvalue weighted by atomic mass is 19.1. The first-order valence-corrected chi connectivity index (χ1v) is 6.89. The maximum Gasteiger partial charge on any atom is 0.335 e. The Labute approximate surface area is 130 Å². The minimum absolute atomic E-state index is 0.154. The number of benzene rings is 2. The van der Waals surface area contributed by atoms with Crippen molar-refractivity contribution >= 4 is 28.9 Å². The fourth-order valence-corrected chi connectivity index (χ4v) is 2.87. The van der Waals surface area contributed by atoms with Gasteiger partial charge in [-0.15, -0.1) is 0 Å². The highest BCUT2D eigenvalue weighted by Crippen LogP contribution is 2.41. The number of nitrogens with one attached hydrogen (secondary N) is 1. The number of fused-ring (bicyclic) bond motifs is 2. The van der Waals surface area contributed by atoms with Crippen molar-refractivity contribution in [2.45, 2.75) is 6.61 Å². The lowest BCUT2D eigenvalue weighted by Crippen LogP contribution is -2.05. The monoisotopic (exact) mass is 311 g/mol. The van der Waals surface area contributed by atoms with Crippen molar-refractivity contribution in [1.82, 2.24) is 0 Å². The third-order valence-electron chi connectivity index (χ3n) is 3.92. The predicted molar refractivity (Wildman–Crippen MR) is 80.0 cm³/mol. The average molecular weight is 311 g/mol. The zero-order valence-corrected chi connectivity index (χ0v) is 11.7. The molecule has 5 nitrogen and oxygen atoms in total. The highest BCUT2D eigenvalue weighted by Gasteiger charge is 2.33. The summed E-state index contributed by atoms with van der Waals surface area (Å²) in [4.78, 5) is 23.3. The first kappa shape index (κ1) is 13.5. The summed E-state index contributed by atoms with van der Waals surface area (Å²) in [5.74, 6) is -1.49. The summed E-state index contributed by atoms with van der Waals surface area (Å²) in [6, 6.07) is 8.64. The molecule has 2 aromatic rings. The van der Waals surface area contributed by atoms with E-state index in [-0.39, 0.29) is 23.7 Å². The quantitative estimate of drug-likeness (QED) is 0.794. The van der Waals surface area contributed by atoms with Crippen LogP contribution in [0, 0.1) is 5.82 Å². The molecule has 2 aromatic carbocycles. The molecule has 0 saturated heterocycles. The minimum Gasteiger partial charge on any atom is -0.487 e. The third kappa shape index (κ3) is 1.99. The number of amides is 1. The van der Waals surface area contributed by atoms with E-state index in [2.05, 4.69) is 5.32 Å². The molecule has 2 heterocycles. The lowest BCUT2D eigenvalue weighted by atomic mass is 9.99. The SMILES string of the molecule is O=C1Nc2ccc(F)cc2/C1=C1\OCc2cc(C(=O)O)ccc21. The van der Waals surface area contributed by atoms with Gasteiger partial charge in [-0.05, 0) is 36.4 Å². The molecule has 0 bridgehead atoms. The molecule has 0 saturated carbocycles. The maximum atomic E-state index is 13.5. The Morgan fingerprint density at radius 2 is 2.00 bits per heavy atom. The van der Waals surface area contributed by atoms with Crippen molar-refractivity contribution < 1.29 is 23.8 Å². The maximum absolute atomic E-state index is 13.5. The van der Waals surface area contributed by atoms with Crippen molar-refractivity contribution in [2.75, 3.05) is 5.32 Å². The van der Waals surface area contributed by atoms with E-state index in [0.717, 1.165) is 0 Å². The summed E-state index contributed by atoms with van der Waals surface area (Å²) in [6.45, 7) is 0.174. The molecule has 23 heavy (non-hydrogen) atoms. The van der Waals surface area contributed by atoms with Crippen LogP contribution in [-0.4, -0.2) is 17.0 Å². The van der Waals surface area contributed by atoms with Crippen LogP contribution in [0.4, 0.5) is 10.1 Å². The number of carboxylic acids is 1. The molecular weight excluding hydrogens is 301 g/mol. The van der Waals surface area contributed by atoms with E-state index in [1.54, 1.807) is 6.07 Å². The summed E-state index contributed by atoms with van der Waals surface area (Å²) in [5, 5.41) is 11.7. The summed E-state index contributed by atoms with van der Waals surface area (Å²) in [5.41, 5.74) is 2.72. The molecule has 114 valence electrons. The Hall–Kier alpha value is -3.15. The van der Waals surface area contributed by atoms with Gasteiger partial charge in [0, 0.05) is 22.4 Å². The van der Waals surface area contributed by atoms with E-state index in [1.165, 1.54) is 30.3 Å². The van der Waals surface area contributed by atoms with Crippen molar-refractivity contribution in [3.63, 3.8) is 0 Å². The molecule has 6 heteroatoms. The van der Waals surface area contributed by atoms with Crippen LogP contribution in [0.3, 0.4) is 0 Å². The minimum atomic E-state index is -1.03. The Morgan fingerprint density at radius 3 is 2.78 bits per heavy atom. The second-order valence-electron chi connectivity index (χ2n) is 5.31. The molecule has 2 aliphatic rings. The number of aromatic carboxylic acids is 1. The van der Waals surface area contributed by atoms with E-state index < -0.39 is 11.8 Å². The number of carbonyl (C=O) groups excluding carboxylic acids is 1. The van der Waals surface area contributed by atoms with Gasteiger partial charge in [0.2, 0.25) is 0 Å². The number of carbonyl (C=O) groups is 2. The standard InChI is InChI=1S/C17H10FNO4/c18-10-2-4-13-12(6-10)14(16(20)19-13)15-11-3-1-8(17(21)22)5-9(11)7-23-15/h1-6H,7H2,(H,19,20)(H,21,22)/b15-14+. The van der Waals surface area contributed by atoms with Crippen molar-refractivity contribution in [1.29, 1.82) is 0 Å². The number of ether oxygens (including phenoxy) is 1. The van der Waals surface area contributed by atoms with E-state index in [9.17, 15) is 14.0 Å². The summed E-state index contributed by atoms with van der Waals surface area (Å²) in [6.07, 6.45) is 0. The first-order valence-electron chi connectivity index (χ1n) is 6.89. The fourth-order valence-electron chi connectivity index (χ4n) is 2.87. The Bertz CT molecular complexity index is 917. The Morgan fingerprint density at radius 1 is 1.17 bits per heavy atom. The number of anilines is 1. The van der Waals surface area contributed by atoms with Gasteiger partial charge < -0.3 is 15.2 Å². The number of hydrogen-bond donors (Lipinski definition) is 2. The van der Waals surface area contributed by atoms with Crippen LogP contribution >= 0.6 is 0 Å². The van der Waals surface area contributed by atoms with Crippen LogP contribution in [0.2, 0.25) is 0 Å². The molecule has 0 atom stereocenters. The number of hydrogen-bond acceptors (Lipinski definition) is 3. The van der Waals surface area contributed by atoms with Gasteiger partial charge in [-0.25, -0.2) is 9.18 Å². The zero-order valence-electron chi connectivity index (χ0n) is 11.7. The smallest absolute Gasteiger partial charge is 0.335 e. The Kier molecular flexibility index (Phi) is 2.74. The van der Waals surface area contributed by atoms with E-state index in [1.807, 2.05) is 0 Å². The molecule has 1 amide bonds. The molecule has 0 spiro atoms. The molecule has 0 unspecified atom stereocenters. The predicted octanol–water partition coefficient (Wildman–Crippen LogP) is 2.87.